The Labute approximate surface area is 573 Å². The first-order chi connectivity index (χ1) is 51.7. The van der Waals surface area contributed by atoms with Gasteiger partial charge in [0.1, 0.15) is 0 Å². The molecule has 11 aromatic carbocycles. The molecule has 454 valence electrons. The molecule has 15 aromatic rings. The van der Waals surface area contributed by atoms with Crippen LogP contribution in [0, 0.1) is 0 Å². The van der Waals surface area contributed by atoms with E-state index in [9.17, 15) is 0 Å². The zero-order valence-electron chi connectivity index (χ0n) is 61.9. The van der Waals surface area contributed by atoms with Crippen LogP contribution in [0.25, 0.3) is 156 Å². The summed E-state index contributed by atoms with van der Waals surface area (Å²) < 4.78 is 82.9. The van der Waals surface area contributed by atoms with Gasteiger partial charge in [0.05, 0.1) is 31.0 Å². The monoisotopic (exact) mass is 1240 g/mol. The van der Waals surface area contributed by atoms with Gasteiger partial charge in [-0.1, -0.05) is 279 Å². The Balaban J connectivity index is 0.000000163. The maximum Gasteiger partial charge on any atom is 0.160 e. The molecular formula is C90H64N6. The molecule has 0 bridgehead atoms. The fourth-order valence-corrected chi connectivity index (χ4v) is 12.4. The second-order valence-corrected chi connectivity index (χ2v) is 23.4. The lowest BCUT2D eigenvalue weighted by atomic mass is 9.93. The number of aromatic nitrogens is 6. The van der Waals surface area contributed by atoms with Crippen molar-refractivity contribution in [2.45, 2.75) is 25.6 Å². The highest BCUT2D eigenvalue weighted by Crippen LogP contribution is 2.39. The third-order valence-electron chi connectivity index (χ3n) is 17.4. The summed E-state index contributed by atoms with van der Waals surface area (Å²) in [6, 6.07) is 92.3. The molecule has 17 rings (SSSR count). The molecule has 4 heterocycles. The molecule has 0 fully saturated rings. The van der Waals surface area contributed by atoms with Crippen LogP contribution in [0.3, 0.4) is 0 Å². The normalized spacial score (nSPS) is 17.8. The number of fused-ring (bicyclic) bond motifs is 4. The van der Waals surface area contributed by atoms with Crippen molar-refractivity contribution in [1.29, 1.82) is 0 Å². The second kappa shape index (κ2) is 26.7. The van der Waals surface area contributed by atoms with E-state index in [1.54, 1.807) is 24.5 Å². The van der Waals surface area contributed by atoms with E-state index in [0.717, 1.165) is 89.3 Å². The lowest BCUT2D eigenvalue weighted by molar-refractivity contribution is 1.05. The third kappa shape index (κ3) is 12.5. The largest absolute Gasteiger partial charge is 0.264 e. The molecule has 0 radical (unpaired) electrons. The number of rotatable bonds is 12. The Hall–Kier alpha value is -12.4. The summed E-state index contributed by atoms with van der Waals surface area (Å²) >= 11 is 0. The molecule has 6 nitrogen and oxygen atoms in total. The summed E-state index contributed by atoms with van der Waals surface area (Å²) in [7, 11) is 0. The summed E-state index contributed by atoms with van der Waals surface area (Å²) in [6.07, 6.45) is 2.55. The van der Waals surface area contributed by atoms with Crippen molar-refractivity contribution < 1.29 is 13.7 Å². The standard InChI is InChI=1S/C47H33N3.C43H31N3/c1-2-9-32(10-3-1)33-16-22-36(23-17-33)45-30-46(37-24-18-34(19-25-37)40-12-8-28-48-31-40)50-47(49-45)38-26-20-35(21-27-38)44-29-39-11-4-5-13-41(39)42-14-6-7-15-43(42)44;1-2-7-30(8-3-1)32-12-19-35(20-13-32)41-28-42(36-21-14-34(15-22-36)40-11-6-26-44-29-40)46-43(45-41)37-23-16-33(17-24-37)39-25-18-31-9-4-5-10-38(31)27-39/h1-2,4-9,11-31H,3,10H2;1-2,4-7,9-29H,3,8H2/i1D,2D,3D,9D,10D;1D,2D,3D,7D,8D. The van der Waals surface area contributed by atoms with Crippen LogP contribution in [0.5, 0.6) is 0 Å². The van der Waals surface area contributed by atoms with Crippen LogP contribution >= 0.6 is 0 Å². The van der Waals surface area contributed by atoms with Crippen molar-refractivity contribution in [3.8, 4) is 112 Å². The van der Waals surface area contributed by atoms with Crippen LogP contribution in [0.4, 0.5) is 0 Å². The minimum Gasteiger partial charge on any atom is -0.264 e. The molecule has 0 N–H and O–H groups in total. The Bertz CT molecular complexity index is 6000. The highest BCUT2D eigenvalue weighted by molar-refractivity contribution is 6.13. The van der Waals surface area contributed by atoms with Gasteiger partial charge < -0.3 is 0 Å². The molecule has 0 spiro atoms. The lowest BCUT2D eigenvalue weighted by Crippen LogP contribution is -1.96. The summed E-state index contributed by atoms with van der Waals surface area (Å²) in [5.74, 6) is 1.15. The predicted molar refractivity (Wildman–Crippen MR) is 399 cm³/mol. The fraction of sp³-hybridized carbons (Fsp3) is 0.0444. The number of allylic oxidation sites excluding steroid dienone is 8. The molecule has 2 aliphatic rings. The van der Waals surface area contributed by atoms with E-state index in [1.807, 2.05) is 116 Å². The van der Waals surface area contributed by atoms with E-state index >= 15 is 0 Å². The first-order valence-electron chi connectivity index (χ1n) is 37.1. The molecule has 0 amide bonds. The molecule has 4 aromatic heterocycles. The topological polar surface area (TPSA) is 77.3 Å². The van der Waals surface area contributed by atoms with Gasteiger partial charge in [-0.05, 0) is 161 Å². The van der Waals surface area contributed by atoms with Crippen LogP contribution in [0.1, 0.15) is 50.4 Å². The van der Waals surface area contributed by atoms with E-state index in [2.05, 4.69) is 174 Å². The van der Waals surface area contributed by atoms with Crippen LogP contribution in [-0.4, -0.2) is 29.9 Å². The lowest BCUT2D eigenvalue weighted by Gasteiger charge is -2.13. The second-order valence-electron chi connectivity index (χ2n) is 23.4. The maximum absolute atomic E-state index is 8.58. The molecule has 0 saturated heterocycles. The summed E-state index contributed by atoms with van der Waals surface area (Å²) in [5, 5.41) is 7.22. The Kier molecular flexibility index (Phi) is 13.4. The fourth-order valence-electron chi connectivity index (χ4n) is 12.4. The van der Waals surface area contributed by atoms with Crippen molar-refractivity contribution in [3.05, 3.63) is 351 Å². The molecule has 2 aliphatic carbocycles. The maximum atomic E-state index is 8.58. The number of nitrogens with zero attached hydrogens (tertiary/aromatic N) is 6. The minimum atomic E-state index is -1.21. The SMILES string of the molecule is [2H]C1=C([2H])C([2H])C([2H])C(c2ccc(-c3cc(-c4ccc(-c5cccnc5)cc4)nc(-c4ccc(-c5cc6ccccc6c6ccccc56)cc4)n3)cc2)=C1[2H].[2H]C1=C([2H])C([2H])C([2H])C(c2ccc(-c3cc(-c4ccc(-c5cccnc5)cc4)nc(-c4ccc(-c5ccc6ccccc6c5)cc4)n3)cc2)=C1[2H]. The van der Waals surface area contributed by atoms with Crippen LogP contribution in [0.2, 0.25) is 0 Å². The van der Waals surface area contributed by atoms with Gasteiger partial charge in [-0.3, -0.25) is 9.97 Å². The zero-order valence-corrected chi connectivity index (χ0v) is 51.9. The van der Waals surface area contributed by atoms with Gasteiger partial charge in [-0.25, -0.2) is 19.9 Å². The van der Waals surface area contributed by atoms with E-state index in [1.165, 1.54) is 32.3 Å². The van der Waals surface area contributed by atoms with Gasteiger partial charge in [-0.15, -0.1) is 0 Å². The quantitative estimate of drug-likeness (QED) is 0.113. The van der Waals surface area contributed by atoms with Crippen molar-refractivity contribution in [2.24, 2.45) is 0 Å². The van der Waals surface area contributed by atoms with Gasteiger partial charge in [0.15, 0.2) is 11.6 Å². The van der Waals surface area contributed by atoms with Gasteiger partial charge >= 0.3 is 0 Å². The van der Waals surface area contributed by atoms with Gasteiger partial charge in [0.25, 0.3) is 0 Å². The van der Waals surface area contributed by atoms with Crippen molar-refractivity contribution in [2.75, 3.05) is 0 Å². The first-order valence-corrected chi connectivity index (χ1v) is 31.8. The van der Waals surface area contributed by atoms with E-state index in [0.29, 0.717) is 34.2 Å². The van der Waals surface area contributed by atoms with Crippen molar-refractivity contribution in [3.63, 3.8) is 0 Å². The van der Waals surface area contributed by atoms with Crippen molar-refractivity contribution in [1.82, 2.24) is 29.9 Å². The highest BCUT2D eigenvalue weighted by atomic mass is 14.9. The summed E-state index contributed by atoms with van der Waals surface area (Å²) in [4.78, 5) is 28.7. The van der Waals surface area contributed by atoms with Gasteiger partial charge in [0, 0.05) is 63.7 Å². The Morgan fingerprint density at radius 2 is 0.646 bits per heavy atom. The average molecular weight is 1240 g/mol. The molecule has 0 aliphatic heterocycles. The van der Waals surface area contributed by atoms with Crippen LogP contribution in [0.15, 0.2) is 340 Å². The van der Waals surface area contributed by atoms with E-state index in [4.69, 9.17) is 33.6 Å². The van der Waals surface area contributed by atoms with Gasteiger partial charge in [-0.2, -0.15) is 0 Å². The van der Waals surface area contributed by atoms with E-state index < -0.39 is 25.6 Å². The Morgan fingerprint density at radius 3 is 1.11 bits per heavy atom. The summed E-state index contributed by atoms with van der Waals surface area (Å²) in [6.45, 7) is 0. The molecule has 96 heavy (non-hydrogen) atoms. The number of hydrogen-bond acceptors (Lipinski definition) is 6. The van der Waals surface area contributed by atoms with Crippen LogP contribution < -0.4 is 0 Å². The number of hydrogen-bond donors (Lipinski definition) is 0. The number of pyridine rings is 2. The molecule has 4 unspecified atom stereocenters. The predicted octanol–water partition coefficient (Wildman–Crippen LogP) is 23.3. The zero-order chi connectivity index (χ0) is 72.7. The average Bonchev–Trinajstić information content (AvgIpc) is 0.757. The molecular weight excluding hydrogens is 1170 g/mol. The molecule has 0 saturated carbocycles. The van der Waals surface area contributed by atoms with E-state index in [-0.39, 0.29) is 47.5 Å². The molecule has 4 atom stereocenters. The first kappa shape index (κ1) is 48.4. The highest BCUT2D eigenvalue weighted by Gasteiger charge is 2.17. The molecule has 6 heteroatoms. The smallest absolute Gasteiger partial charge is 0.160 e. The third-order valence-corrected chi connectivity index (χ3v) is 17.4. The van der Waals surface area contributed by atoms with Crippen molar-refractivity contribution >= 4 is 43.5 Å². The summed E-state index contributed by atoms with van der Waals surface area (Å²) in [5.41, 5.74) is 18.5. The van der Waals surface area contributed by atoms with Gasteiger partial charge in [0.2, 0.25) is 0 Å². The minimum absolute atomic E-state index is 0.176. The Morgan fingerprint density at radius 1 is 0.271 bits per heavy atom. The van der Waals surface area contributed by atoms with Crippen LogP contribution in [-0.2, 0) is 0 Å². The number of benzene rings is 11.